The van der Waals surface area contributed by atoms with Gasteiger partial charge in [-0.25, -0.2) is 4.39 Å². The number of hydrogen-bond donors (Lipinski definition) is 4. The Balaban J connectivity index is 1.22. The Morgan fingerprint density at radius 1 is 1.12 bits per heavy atom. The maximum absolute atomic E-state index is 13.6. The summed E-state index contributed by atoms with van der Waals surface area (Å²) >= 11 is 1.48. The number of amidine groups is 1. The van der Waals surface area contributed by atoms with Gasteiger partial charge in [0.1, 0.15) is 5.84 Å². The summed E-state index contributed by atoms with van der Waals surface area (Å²) in [5, 5.41) is 18.1. The quantitative estimate of drug-likeness (QED) is 0.459. The van der Waals surface area contributed by atoms with Crippen LogP contribution in [0.1, 0.15) is 26.3 Å². The van der Waals surface area contributed by atoms with Gasteiger partial charge in [-0.15, -0.1) is 0 Å². The molecule has 2 amide bonds. The molecule has 34 heavy (non-hydrogen) atoms. The van der Waals surface area contributed by atoms with E-state index < -0.39 is 11.6 Å². The van der Waals surface area contributed by atoms with Crippen molar-refractivity contribution in [2.24, 2.45) is 4.99 Å². The number of anilines is 1. The first-order valence-corrected chi connectivity index (χ1v) is 11.3. The average Bonchev–Trinajstić information content (AvgIpc) is 2.99. The highest BCUT2D eigenvalue weighted by molar-refractivity contribution is 7.99. The molecule has 5 rings (SSSR count). The molecule has 170 valence electrons. The molecule has 0 bridgehead atoms. The van der Waals surface area contributed by atoms with Crippen molar-refractivity contribution in [2.75, 3.05) is 18.4 Å². The lowest BCUT2D eigenvalue weighted by Gasteiger charge is -2.16. The van der Waals surface area contributed by atoms with Crippen LogP contribution in [0.2, 0.25) is 0 Å². The van der Waals surface area contributed by atoms with Gasteiger partial charge in [0.05, 0.1) is 17.8 Å². The standard InChI is InChI=1S/C25H19FN4O3S/c26-18-9-15(5-7-20(18)31)23-27-11-14(12-28-23)13-29-24(32)16-6-8-22-19(10-16)30-25(33)17-3-1-2-4-21(17)34-22/h1-11,31H,12-13H2,(H,27,28)(H,29,32)(H,30,33). The van der Waals surface area contributed by atoms with Gasteiger partial charge < -0.3 is 21.1 Å². The molecule has 9 heteroatoms. The molecule has 0 unspecified atom stereocenters. The highest BCUT2D eigenvalue weighted by atomic mass is 32.2. The minimum Gasteiger partial charge on any atom is -0.505 e. The number of hydrogen-bond acceptors (Lipinski definition) is 6. The maximum atomic E-state index is 13.6. The minimum atomic E-state index is -0.719. The molecule has 0 saturated carbocycles. The molecule has 0 spiro atoms. The number of nitrogens with one attached hydrogen (secondary N) is 3. The summed E-state index contributed by atoms with van der Waals surface area (Å²) in [7, 11) is 0. The zero-order valence-corrected chi connectivity index (χ0v) is 18.6. The Labute approximate surface area is 198 Å². The predicted molar refractivity (Wildman–Crippen MR) is 128 cm³/mol. The van der Waals surface area contributed by atoms with Crippen molar-refractivity contribution in [1.29, 1.82) is 0 Å². The van der Waals surface area contributed by atoms with Gasteiger partial charge in [0, 0.05) is 33.7 Å². The number of benzene rings is 3. The SMILES string of the molecule is O=C(NCC1=CNC(c2ccc(O)c(F)c2)=NC1)c1ccc2c(c1)NC(=O)c1ccccc1S2. The molecule has 4 N–H and O–H groups in total. The third-order valence-corrected chi connectivity index (χ3v) is 6.54. The smallest absolute Gasteiger partial charge is 0.256 e. The fourth-order valence-corrected chi connectivity index (χ4v) is 4.59. The lowest BCUT2D eigenvalue weighted by atomic mass is 10.1. The highest BCUT2D eigenvalue weighted by Gasteiger charge is 2.21. The van der Waals surface area contributed by atoms with Crippen molar-refractivity contribution >= 4 is 35.1 Å². The number of aromatic hydroxyl groups is 1. The monoisotopic (exact) mass is 474 g/mol. The van der Waals surface area contributed by atoms with Crippen LogP contribution in [0.25, 0.3) is 0 Å². The molecule has 3 aromatic rings. The van der Waals surface area contributed by atoms with Gasteiger partial charge in [-0.3, -0.25) is 14.6 Å². The van der Waals surface area contributed by atoms with E-state index in [1.165, 1.54) is 23.9 Å². The van der Waals surface area contributed by atoms with E-state index in [1.54, 1.807) is 30.5 Å². The van der Waals surface area contributed by atoms with Crippen LogP contribution in [0.3, 0.4) is 0 Å². The number of phenolic OH excluding ortho intramolecular Hbond substituents is 1. The number of phenols is 1. The molecule has 2 aliphatic rings. The fraction of sp³-hybridized carbons (Fsp3) is 0.0800. The summed E-state index contributed by atoms with van der Waals surface area (Å²) in [5.74, 6) is -1.14. The summed E-state index contributed by atoms with van der Waals surface area (Å²) < 4.78 is 13.6. The lowest BCUT2D eigenvalue weighted by Crippen LogP contribution is -2.31. The molecular formula is C25H19FN4O3S. The predicted octanol–water partition coefficient (Wildman–Crippen LogP) is 3.91. The second-order valence-electron chi connectivity index (χ2n) is 7.72. The first kappa shape index (κ1) is 21.7. The van der Waals surface area contributed by atoms with Gasteiger partial charge in [-0.2, -0.15) is 0 Å². The van der Waals surface area contributed by atoms with Crippen LogP contribution in [0.15, 0.2) is 87.2 Å². The average molecular weight is 475 g/mol. The molecular weight excluding hydrogens is 455 g/mol. The van der Waals surface area contributed by atoms with Crippen molar-refractivity contribution in [3.8, 4) is 5.75 Å². The highest BCUT2D eigenvalue weighted by Crippen LogP contribution is 2.39. The second kappa shape index (κ2) is 9.03. The van der Waals surface area contributed by atoms with Gasteiger partial charge in [0.25, 0.3) is 11.8 Å². The van der Waals surface area contributed by atoms with E-state index in [0.717, 1.165) is 15.4 Å². The number of carbonyl (C=O) groups is 2. The van der Waals surface area contributed by atoms with Gasteiger partial charge >= 0.3 is 0 Å². The van der Waals surface area contributed by atoms with E-state index in [-0.39, 0.29) is 18.4 Å². The Hall–Kier alpha value is -4.11. The van der Waals surface area contributed by atoms with Crippen LogP contribution in [-0.2, 0) is 0 Å². The second-order valence-corrected chi connectivity index (χ2v) is 8.81. The Bertz CT molecular complexity index is 1390. The lowest BCUT2D eigenvalue weighted by molar-refractivity contribution is 0.0955. The number of nitrogens with zero attached hydrogens (tertiary/aromatic N) is 1. The van der Waals surface area contributed by atoms with Gasteiger partial charge in [-0.1, -0.05) is 23.9 Å². The van der Waals surface area contributed by atoms with Crippen molar-refractivity contribution in [3.05, 3.63) is 94.9 Å². The fourth-order valence-electron chi connectivity index (χ4n) is 3.58. The Kier molecular flexibility index (Phi) is 5.77. The van der Waals surface area contributed by atoms with Gasteiger partial charge in [0.2, 0.25) is 0 Å². The maximum Gasteiger partial charge on any atom is 0.256 e. The number of rotatable bonds is 4. The van der Waals surface area contributed by atoms with Crippen molar-refractivity contribution < 1.29 is 19.1 Å². The molecule has 0 atom stereocenters. The van der Waals surface area contributed by atoms with Crippen LogP contribution < -0.4 is 16.0 Å². The topological polar surface area (TPSA) is 103 Å². The van der Waals surface area contributed by atoms with E-state index in [0.29, 0.717) is 34.8 Å². The first-order valence-electron chi connectivity index (χ1n) is 10.5. The number of halogens is 1. The Morgan fingerprint density at radius 2 is 1.97 bits per heavy atom. The Morgan fingerprint density at radius 3 is 2.76 bits per heavy atom. The normalized spacial score (nSPS) is 14.4. The van der Waals surface area contributed by atoms with E-state index in [9.17, 15) is 19.1 Å². The van der Waals surface area contributed by atoms with Crippen LogP contribution >= 0.6 is 11.8 Å². The first-order chi connectivity index (χ1) is 16.5. The minimum absolute atomic E-state index is 0.208. The van der Waals surface area contributed by atoms with Crippen LogP contribution in [0.5, 0.6) is 5.75 Å². The molecule has 2 heterocycles. The molecule has 0 saturated heterocycles. The van der Waals surface area contributed by atoms with E-state index in [4.69, 9.17) is 0 Å². The molecule has 7 nitrogen and oxygen atoms in total. The zero-order valence-electron chi connectivity index (χ0n) is 17.8. The molecule has 0 aliphatic carbocycles. The zero-order chi connectivity index (χ0) is 23.7. The van der Waals surface area contributed by atoms with Gasteiger partial charge in [0.15, 0.2) is 11.6 Å². The molecule has 0 fully saturated rings. The largest absolute Gasteiger partial charge is 0.505 e. The summed E-state index contributed by atoms with van der Waals surface area (Å²) in [5.41, 5.74) is 2.97. The van der Waals surface area contributed by atoms with Crippen molar-refractivity contribution in [2.45, 2.75) is 9.79 Å². The number of carbonyl (C=O) groups excluding carboxylic acids is 2. The van der Waals surface area contributed by atoms with Crippen LogP contribution in [0, 0.1) is 5.82 Å². The molecule has 0 radical (unpaired) electrons. The van der Waals surface area contributed by atoms with Crippen molar-refractivity contribution in [3.63, 3.8) is 0 Å². The molecule has 0 aromatic heterocycles. The molecule has 3 aromatic carbocycles. The van der Waals surface area contributed by atoms with Crippen LogP contribution in [0.4, 0.5) is 10.1 Å². The summed E-state index contributed by atoms with van der Waals surface area (Å²) in [4.78, 5) is 31.4. The van der Waals surface area contributed by atoms with E-state index in [2.05, 4.69) is 20.9 Å². The number of amides is 2. The van der Waals surface area contributed by atoms with Gasteiger partial charge in [-0.05, 0) is 54.1 Å². The summed E-state index contributed by atoms with van der Waals surface area (Å²) in [6.07, 6.45) is 1.72. The number of fused-ring (bicyclic) bond motifs is 2. The van der Waals surface area contributed by atoms with E-state index in [1.807, 2.05) is 24.3 Å². The van der Waals surface area contributed by atoms with E-state index >= 15 is 0 Å². The summed E-state index contributed by atoms with van der Waals surface area (Å²) in [6, 6.07) is 16.6. The van der Waals surface area contributed by atoms with Crippen molar-refractivity contribution in [1.82, 2.24) is 10.6 Å². The third-order valence-electron chi connectivity index (χ3n) is 5.39. The number of aliphatic imine (C=N–C) groups is 1. The molecule has 2 aliphatic heterocycles. The van der Waals surface area contributed by atoms with Crippen LogP contribution in [-0.4, -0.2) is 35.8 Å². The third kappa shape index (κ3) is 4.38. The summed E-state index contributed by atoms with van der Waals surface area (Å²) in [6.45, 7) is 0.608.